The molecule has 2 amide bonds. The molecule has 168 valence electrons. The molecule has 1 fully saturated rings. The molecule has 1 saturated heterocycles. The van der Waals surface area contributed by atoms with Gasteiger partial charge in [-0.2, -0.15) is 0 Å². The molecular formula is C25H22ClFN4O2. The molecule has 8 heteroatoms. The van der Waals surface area contributed by atoms with Crippen molar-refractivity contribution < 1.29 is 14.0 Å². The molecule has 0 aliphatic carbocycles. The van der Waals surface area contributed by atoms with Gasteiger partial charge >= 0.3 is 0 Å². The first kappa shape index (κ1) is 21.4. The van der Waals surface area contributed by atoms with Gasteiger partial charge in [0.05, 0.1) is 12.0 Å². The molecule has 3 aromatic rings. The summed E-state index contributed by atoms with van der Waals surface area (Å²) in [7, 11) is 0. The molecule has 2 atom stereocenters. The minimum absolute atomic E-state index is 0.121. The van der Waals surface area contributed by atoms with E-state index in [9.17, 15) is 14.0 Å². The van der Waals surface area contributed by atoms with E-state index in [2.05, 4.69) is 15.6 Å². The average molecular weight is 465 g/mol. The minimum atomic E-state index is -0.354. The fourth-order valence-corrected chi connectivity index (χ4v) is 4.74. The van der Waals surface area contributed by atoms with Crippen LogP contribution in [0, 0.1) is 11.7 Å². The van der Waals surface area contributed by atoms with Crippen molar-refractivity contribution in [2.45, 2.75) is 12.6 Å². The number of anilines is 2. The lowest BCUT2D eigenvalue weighted by atomic mass is 9.88. The summed E-state index contributed by atoms with van der Waals surface area (Å²) >= 11 is 5.98. The fourth-order valence-electron chi connectivity index (χ4n) is 4.55. The van der Waals surface area contributed by atoms with Crippen LogP contribution in [0.1, 0.15) is 17.2 Å². The first-order valence-electron chi connectivity index (χ1n) is 10.7. The van der Waals surface area contributed by atoms with Crippen LogP contribution in [-0.2, 0) is 16.1 Å². The van der Waals surface area contributed by atoms with Crippen molar-refractivity contribution in [1.29, 1.82) is 0 Å². The van der Waals surface area contributed by atoms with Gasteiger partial charge in [0.1, 0.15) is 12.4 Å². The van der Waals surface area contributed by atoms with Crippen LogP contribution in [0.2, 0.25) is 5.02 Å². The van der Waals surface area contributed by atoms with Gasteiger partial charge in [-0.1, -0.05) is 48.0 Å². The lowest BCUT2D eigenvalue weighted by Crippen LogP contribution is -2.41. The highest BCUT2D eigenvalue weighted by atomic mass is 35.5. The Bertz CT molecular complexity index is 1220. The van der Waals surface area contributed by atoms with E-state index in [4.69, 9.17) is 11.6 Å². The summed E-state index contributed by atoms with van der Waals surface area (Å²) in [6.07, 6.45) is 0. The van der Waals surface area contributed by atoms with Gasteiger partial charge in [-0.15, -0.1) is 0 Å². The molecule has 2 unspecified atom stereocenters. The number of rotatable bonds is 5. The third-order valence-electron chi connectivity index (χ3n) is 5.98. The molecular weight excluding hydrogens is 443 g/mol. The number of carbonyl (C=O) groups is 2. The molecule has 0 saturated carbocycles. The fraction of sp³-hybridized carbons (Fsp3) is 0.200. The molecule has 3 aromatic carbocycles. The smallest absolute Gasteiger partial charge is 0.245 e. The van der Waals surface area contributed by atoms with Crippen LogP contribution in [-0.4, -0.2) is 29.9 Å². The number of hydrazine groups is 1. The summed E-state index contributed by atoms with van der Waals surface area (Å²) in [5, 5.41) is 4.68. The van der Waals surface area contributed by atoms with Gasteiger partial charge in [0.25, 0.3) is 0 Å². The molecule has 0 spiro atoms. The number of benzene rings is 3. The van der Waals surface area contributed by atoms with Gasteiger partial charge in [0.15, 0.2) is 0 Å². The minimum Gasteiger partial charge on any atom is -0.366 e. The Balaban J connectivity index is 1.34. The van der Waals surface area contributed by atoms with Crippen LogP contribution in [0.15, 0.2) is 72.8 Å². The second-order valence-electron chi connectivity index (χ2n) is 8.27. The molecule has 0 bridgehead atoms. The van der Waals surface area contributed by atoms with Crippen molar-refractivity contribution in [3.8, 4) is 0 Å². The Morgan fingerprint density at radius 2 is 1.91 bits per heavy atom. The number of fused-ring (bicyclic) bond motifs is 3. The quantitative estimate of drug-likeness (QED) is 0.595. The SMILES string of the molecule is O=C(CN1NC2c3ccccc3N(Cc3cccc(F)c3)CC2C1=O)Nc1cccc(Cl)c1. The maximum Gasteiger partial charge on any atom is 0.245 e. The van der Waals surface area contributed by atoms with Gasteiger partial charge in [0, 0.05) is 29.5 Å². The summed E-state index contributed by atoms with van der Waals surface area (Å²) < 4.78 is 13.7. The first-order chi connectivity index (χ1) is 16.0. The summed E-state index contributed by atoms with van der Waals surface area (Å²) in [5.41, 5.74) is 6.61. The number of para-hydroxylation sites is 1. The average Bonchev–Trinajstić information content (AvgIpc) is 3.09. The van der Waals surface area contributed by atoms with Gasteiger partial charge in [-0.25, -0.2) is 9.82 Å². The largest absolute Gasteiger partial charge is 0.366 e. The van der Waals surface area contributed by atoms with Crippen molar-refractivity contribution in [2.24, 2.45) is 5.92 Å². The Hall–Kier alpha value is -3.42. The maximum absolute atomic E-state index is 13.7. The standard InChI is InChI=1S/C25H22ClFN4O2/c26-17-6-4-8-19(12-17)28-23(32)15-31-25(33)21-14-30(13-16-5-3-7-18(27)11-16)22-10-2-1-9-20(22)24(21)29-31/h1-12,21,24,29H,13-15H2,(H,28,32). The Labute approximate surface area is 195 Å². The molecule has 0 radical (unpaired) electrons. The Morgan fingerprint density at radius 3 is 2.73 bits per heavy atom. The zero-order valence-corrected chi connectivity index (χ0v) is 18.4. The number of amides is 2. The van der Waals surface area contributed by atoms with Crippen molar-refractivity contribution in [3.05, 3.63) is 94.8 Å². The molecule has 2 heterocycles. The van der Waals surface area contributed by atoms with Crippen LogP contribution in [0.5, 0.6) is 0 Å². The van der Waals surface area contributed by atoms with Gasteiger partial charge < -0.3 is 10.2 Å². The highest BCUT2D eigenvalue weighted by molar-refractivity contribution is 6.30. The topological polar surface area (TPSA) is 64.7 Å². The predicted molar refractivity (Wildman–Crippen MR) is 125 cm³/mol. The third kappa shape index (κ3) is 4.42. The number of nitrogens with zero attached hydrogens (tertiary/aromatic N) is 2. The molecule has 33 heavy (non-hydrogen) atoms. The second-order valence-corrected chi connectivity index (χ2v) is 8.70. The molecule has 6 nitrogen and oxygen atoms in total. The maximum atomic E-state index is 13.7. The van der Waals surface area contributed by atoms with E-state index in [-0.39, 0.29) is 36.1 Å². The highest BCUT2D eigenvalue weighted by Gasteiger charge is 2.46. The van der Waals surface area contributed by atoms with E-state index < -0.39 is 0 Å². The zero-order valence-electron chi connectivity index (χ0n) is 17.7. The van der Waals surface area contributed by atoms with Gasteiger partial charge in [0.2, 0.25) is 11.8 Å². The van der Waals surface area contributed by atoms with Crippen LogP contribution in [0.3, 0.4) is 0 Å². The number of halogens is 2. The summed E-state index contributed by atoms with van der Waals surface area (Å²) in [6.45, 7) is 0.835. The first-order valence-corrected chi connectivity index (χ1v) is 11.1. The summed E-state index contributed by atoms with van der Waals surface area (Å²) in [4.78, 5) is 27.9. The third-order valence-corrected chi connectivity index (χ3v) is 6.22. The predicted octanol–water partition coefficient (Wildman–Crippen LogP) is 4.14. The van der Waals surface area contributed by atoms with E-state index in [1.165, 1.54) is 17.1 Å². The summed E-state index contributed by atoms with van der Waals surface area (Å²) in [6, 6.07) is 21.0. The zero-order chi connectivity index (χ0) is 22.9. The van der Waals surface area contributed by atoms with Crippen molar-refractivity contribution in [3.63, 3.8) is 0 Å². The molecule has 2 N–H and O–H groups in total. The summed E-state index contributed by atoms with van der Waals surface area (Å²) in [5.74, 6) is -1.10. The van der Waals surface area contributed by atoms with Crippen LogP contribution >= 0.6 is 11.6 Å². The van der Waals surface area contributed by atoms with E-state index in [0.29, 0.717) is 23.8 Å². The monoisotopic (exact) mass is 464 g/mol. The van der Waals surface area contributed by atoms with Crippen molar-refractivity contribution >= 4 is 34.8 Å². The van der Waals surface area contributed by atoms with Crippen LogP contribution < -0.4 is 15.6 Å². The number of carbonyl (C=O) groups excluding carboxylic acids is 2. The molecule has 2 aliphatic heterocycles. The molecule has 2 aliphatic rings. The van der Waals surface area contributed by atoms with Gasteiger partial charge in [-0.3, -0.25) is 14.6 Å². The van der Waals surface area contributed by atoms with E-state index >= 15 is 0 Å². The second kappa shape index (κ2) is 8.84. The Morgan fingerprint density at radius 1 is 1.09 bits per heavy atom. The molecule has 0 aromatic heterocycles. The van der Waals surface area contributed by atoms with E-state index in [1.807, 2.05) is 30.3 Å². The number of hydrogen-bond acceptors (Lipinski definition) is 4. The Kier molecular flexibility index (Phi) is 5.74. The van der Waals surface area contributed by atoms with Crippen molar-refractivity contribution in [1.82, 2.24) is 10.4 Å². The van der Waals surface area contributed by atoms with Gasteiger partial charge in [-0.05, 0) is 47.5 Å². The molecule has 5 rings (SSSR count). The van der Waals surface area contributed by atoms with Crippen molar-refractivity contribution in [2.75, 3.05) is 23.3 Å². The lowest BCUT2D eigenvalue weighted by Gasteiger charge is -2.36. The van der Waals surface area contributed by atoms with E-state index in [0.717, 1.165) is 16.8 Å². The lowest BCUT2D eigenvalue weighted by molar-refractivity contribution is -0.135. The number of nitrogens with one attached hydrogen (secondary N) is 2. The van der Waals surface area contributed by atoms with Crippen LogP contribution in [0.25, 0.3) is 0 Å². The number of hydrogen-bond donors (Lipinski definition) is 2. The van der Waals surface area contributed by atoms with E-state index in [1.54, 1.807) is 30.3 Å². The highest BCUT2D eigenvalue weighted by Crippen LogP contribution is 2.41. The normalized spacial score (nSPS) is 19.3. The van der Waals surface area contributed by atoms with Crippen LogP contribution in [0.4, 0.5) is 15.8 Å².